The zero-order chi connectivity index (χ0) is 12.1. The molecule has 0 fully saturated rings. The van der Waals surface area contributed by atoms with E-state index in [2.05, 4.69) is 49.2 Å². The third-order valence-corrected chi connectivity index (χ3v) is 2.99. The van der Waals surface area contributed by atoms with Gasteiger partial charge in [0.15, 0.2) is 0 Å². The maximum atomic E-state index is 5.92. The molecule has 4 heteroatoms. The summed E-state index contributed by atoms with van der Waals surface area (Å²) in [4.78, 5) is 8.42. The molecule has 2 aromatic rings. The highest BCUT2D eigenvalue weighted by atomic mass is 15.1. The molecule has 0 aliphatic rings. The Bertz CT molecular complexity index is 546. The summed E-state index contributed by atoms with van der Waals surface area (Å²) >= 11 is 0. The number of aryl methyl sites for hydroxylation is 1. The molecule has 0 aromatic carbocycles. The van der Waals surface area contributed by atoms with Crippen LogP contribution in [-0.4, -0.2) is 14.5 Å². The Balaban J connectivity index is 2.96. The molecule has 16 heavy (non-hydrogen) atoms. The fourth-order valence-corrected chi connectivity index (χ4v) is 2.25. The van der Waals surface area contributed by atoms with E-state index in [1.165, 1.54) is 17.6 Å². The van der Waals surface area contributed by atoms with E-state index < -0.39 is 0 Å². The quantitative estimate of drug-likeness (QED) is 0.738. The molecule has 0 saturated carbocycles. The minimum atomic E-state index is -0.00259. The van der Waals surface area contributed by atoms with E-state index >= 15 is 0 Å². The van der Waals surface area contributed by atoms with Crippen molar-refractivity contribution in [3.63, 3.8) is 0 Å². The van der Waals surface area contributed by atoms with Crippen molar-refractivity contribution < 1.29 is 0 Å². The molecule has 2 heterocycles. The molecule has 0 saturated heterocycles. The van der Waals surface area contributed by atoms with Gasteiger partial charge in [-0.3, -0.25) is 0 Å². The number of aromatic nitrogens is 3. The second-order valence-corrected chi connectivity index (χ2v) is 5.17. The van der Waals surface area contributed by atoms with Crippen LogP contribution >= 0.6 is 0 Å². The Hall–Kier alpha value is -1.58. The van der Waals surface area contributed by atoms with Gasteiger partial charge in [0.05, 0.1) is 5.39 Å². The number of rotatable bonds is 0. The molecule has 0 spiro atoms. The first-order valence-electron chi connectivity index (χ1n) is 5.42. The van der Waals surface area contributed by atoms with Gasteiger partial charge >= 0.3 is 0 Å². The monoisotopic (exact) mass is 218 g/mol. The largest absolute Gasteiger partial charge is 0.383 e. The molecule has 0 amide bonds. The normalized spacial score (nSPS) is 12.3. The van der Waals surface area contributed by atoms with Crippen LogP contribution in [0, 0.1) is 13.8 Å². The highest BCUT2D eigenvalue weighted by Crippen LogP contribution is 2.31. The molecular formula is C12H18N4. The summed E-state index contributed by atoms with van der Waals surface area (Å²) in [5.74, 6) is 0.564. The van der Waals surface area contributed by atoms with Crippen molar-refractivity contribution in [1.29, 1.82) is 0 Å². The van der Waals surface area contributed by atoms with Gasteiger partial charge in [0.1, 0.15) is 17.8 Å². The Morgan fingerprint density at radius 3 is 2.38 bits per heavy atom. The molecule has 0 aliphatic heterocycles. The first-order valence-corrected chi connectivity index (χ1v) is 5.42. The summed E-state index contributed by atoms with van der Waals surface area (Å²) in [5.41, 5.74) is 9.21. The van der Waals surface area contributed by atoms with Gasteiger partial charge < -0.3 is 10.3 Å². The van der Waals surface area contributed by atoms with Crippen LogP contribution in [0.4, 0.5) is 5.82 Å². The summed E-state index contributed by atoms with van der Waals surface area (Å²) in [6, 6.07) is 0. The molecular weight excluding hydrogens is 200 g/mol. The zero-order valence-corrected chi connectivity index (χ0v) is 10.5. The van der Waals surface area contributed by atoms with Gasteiger partial charge in [-0.2, -0.15) is 0 Å². The number of fused-ring (bicyclic) bond motifs is 1. The Morgan fingerprint density at radius 2 is 1.81 bits per heavy atom. The van der Waals surface area contributed by atoms with E-state index in [1.54, 1.807) is 0 Å². The third kappa shape index (κ3) is 1.37. The van der Waals surface area contributed by atoms with Crippen LogP contribution in [0.15, 0.2) is 6.33 Å². The fraction of sp³-hybridized carbons (Fsp3) is 0.500. The fourth-order valence-electron chi connectivity index (χ4n) is 2.25. The molecule has 0 atom stereocenters. The topological polar surface area (TPSA) is 56.7 Å². The standard InChI is InChI=1S/C12H18N4/c1-7-8(2)16(12(3,4)5)11-9(7)10(13)14-6-15-11/h6H,1-5H3,(H2,13,14,15). The van der Waals surface area contributed by atoms with Crippen LogP contribution in [0.5, 0.6) is 0 Å². The molecule has 86 valence electrons. The van der Waals surface area contributed by atoms with Crippen molar-refractivity contribution in [3.8, 4) is 0 Å². The average Bonchev–Trinajstić information content (AvgIpc) is 2.39. The molecule has 0 unspecified atom stereocenters. The number of nitrogens with two attached hydrogens (primary N) is 1. The molecule has 0 aliphatic carbocycles. The summed E-state index contributed by atoms with van der Waals surface area (Å²) in [7, 11) is 0. The van der Waals surface area contributed by atoms with Gasteiger partial charge in [-0.15, -0.1) is 0 Å². The molecule has 0 bridgehead atoms. The maximum Gasteiger partial charge on any atom is 0.146 e. The van der Waals surface area contributed by atoms with Crippen LogP contribution in [-0.2, 0) is 5.54 Å². The summed E-state index contributed by atoms with van der Waals surface area (Å²) in [6.45, 7) is 10.7. The van der Waals surface area contributed by atoms with E-state index in [0.717, 1.165) is 11.0 Å². The van der Waals surface area contributed by atoms with E-state index in [9.17, 15) is 0 Å². The van der Waals surface area contributed by atoms with Gasteiger partial charge in [-0.05, 0) is 40.2 Å². The highest BCUT2D eigenvalue weighted by Gasteiger charge is 2.22. The predicted molar refractivity (Wildman–Crippen MR) is 66.4 cm³/mol. The number of nitrogen functional groups attached to an aromatic ring is 1. The van der Waals surface area contributed by atoms with E-state index in [1.807, 2.05) is 0 Å². The third-order valence-electron chi connectivity index (χ3n) is 2.99. The molecule has 2 aromatic heterocycles. The van der Waals surface area contributed by atoms with Gasteiger partial charge in [-0.1, -0.05) is 0 Å². The summed E-state index contributed by atoms with van der Waals surface area (Å²) < 4.78 is 2.22. The highest BCUT2D eigenvalue weighted by molar-refractivity contribution is 5.90. The summed E-state index contributed by atoms with van der Waals surface area (Å²) in [5, 5.41) is 0.981. The number of anilines is 1. The Kier molecular flexibility index (Phi) is 2.19. The minimum absolute atomic E-state index is 0.00259. The van der Waals surface area contributed by atoms with Crippen LogP contribution in [0.3, 0.4) is 0 Å². The molecule has 0 radical (unpaired) electrons. The minimum Gasteiger partial charge on any atom is -0.383 e. The lowest BCUT2D eigenvalue weighted by atomic mass is 10.1. The zero-order valence-electron chi connectivity index (χ0n) is 10.5. The second kappa shape index (κ2) is 3.20. The Labute approximate surface area is 95.5 Å². The second-order valence-electron chi connectivity index (χ2n) is 5.17. The number of nitrogens with zero attached hydrogens (tertiary/aromatic N) is 3. The van der Waals surface area contributed by atoms with Crippen LogP contribution in [0.2, 0.25) is 0 Å². The average molecular weight is 218 g/mol. The first-order chi connectivity index (χ1) is 7.34. The smallest absolute Gasteiger partial charge is 0.146 e. The maximum absolute atomic E-state index is 5.92. The molecule has 2 rings (SSSR count). The van der Waals surface area contributed by atoms with Crippen LogP contribution < -0.4 is 5.73 Å². The van der Waals surface area contributed by atoms with Gasteiger partial charge in [0.25, 0.3) is 0 Å². The molecule has 4 nitrogen and oxygen atoms in total. The van der Waals surface area contributed by atoms with Gasteiger partial charge in [0.2, 0.25) is 0 Å². The number of hydrogen-bond donors (Lipinski definition) is 1. The van der Waals surface area contributed by atoms with Gasteiger partial charge in [-0.25, -0.2) is 9.97 Å². The van der Waals surface area contributed by atoms with Crippen molar-refractivity contribution in [2.45, 2.75) is 40.2 Å². The van der Waals surface area contributed by atoms with E-state index in [0.29, 0.717) is 5.82 Å². The van der Waals surface area contributed by atoms with Crippen molar-refractivity contribution in [2.75, 3.05) is 5.73 Å². The SMILES string of the molecule is Cc1c(C)n(C(C)(C)C)c2ncnc(N)c12. The lowest BCUT2D eigenvalue weighted by Gasteiger charge is -2.24. The lowest BCUT2D eigenvalue weighted by Crippen LogP contribution is -2.23. The molecule has 2 N–H and O–H groups in total. The lowest BCUT2D eigenvalue weighted by molar-refractivity contribution is 0.400. The van der Waals surface area contributed by atoms with Crippen molar-refractivity contribution in [1.82, 2.24) is 14.5 Å². The van der Waals surface area contributed by atoms with Crippen molar-refractivity contribution in [3.05, 3.63) is 17.6 Å². The Morgan fingerprint density at radius 1 is 1.19 bits per heavy atom. The van der Waals surface area contributed by atoms with Crippen LogP contribution in [0.25, 0.3) is 11.0 Å². The van der Waals surface area contributed by atoms with Gasteiger partial charge in [0, 0.05) is 11.2 Å². The van der Waals surface area contributed by atoms with E-state index in [-0.39, 0.29) is 5.54 Å². The predicted octanol–water partition coefficient (Wildman–Crippen LogP) is 2.39. The van der Waals surface area contributed by atoms with E-state index in [4.69, 9.17) is 5.73 Å². The van der Waals surface area contributed by atoms with Crippen LogP contribution in [0.1, 0.15) is 32.0 Å². The first kappa shape index (κ1) is 10.9. The van der Waals surface area contributed by atoms with Crippen molar-refractivity contribution in [2.24, 2.45) is 0 Å². The van der Waals surface area contributed by atoms with Crippen molar-refractivity contribution >= 4 is 16.9 Å². The summed E-state index contributed by atoms with van der Waals surface area (Å²) in [6.07, 6.45) is 1.53. The number of hydrogen-bond acceptors (Lipinski definition) is 3.